The molecule has 0 aromatic heterocycles. The molecule has 0 bridgehead atoms. The molecule has 0 aliphatic carbocycles. The minimum Gasteiger partial charge on any atom is -0.335 e. The molecule has 0 spiro atoms. The molecule has 2 rings (SSSR count). The number of rotatable bonds is 2. The van der Waals surface area contributed by atoms with Crippen LogP contribution in [0.3, 0.4) is 0 Å². The second kappa shape index (κ2) is 5.89. The zero-order valence-corrected chi connectivity index (χ0v) is 11.4. The molecular formula is C12H20ClN3O2. The van der Waals surface area contributed by atoms with Gasteiger partial charge in [0.2, 0.25) is 5.91 Å². The smallest absolute Gasteiger partial charge is 0.321 e. The lowest BCUT2D eigenvalue weighted by Gasteiger charge is -2.35. The summed E-state index contributed by atoms with van der Waals surface area (Å²) in [6, 6.07) is 0.346. The lowest BCUT2D eigenvalue weighted by molar-refractivity contribution is -0.119. The van der Waals surface area contributed by atoms with Crippen LogP contribution in [0.5, 0.6) is 0 Å². The third-order valence-electron chi connectivity index (χ3n) is 3.75. The first kappa shape index (κ1) is 13.6. The number of hydrogen-bond acceptors (Lipinski definition) is 3. The summed E-state index contributed by atoms with van der Waals surface area (Å²) in [7, 11) is 0. The van der Waals surface area contributed by atoms with E-state index >= 15 is 0 Å². The standard InChI is InChI=1S/C12H20ClN3O2/c1-8(13)11(17)15-12(18)14-9-4-6-16-5-2-3-10(16)7-9/h8-10H,2-7H2,1H3,(H2,14,15,17,18). The lowest BCUT2D eigenvalue weighted by Crippen LogP contribution is -2.51. The average Bonchev–Trinajstić information content (AvgIpc) is 2.75. The number of carbonyl (C=O) groups excluding carboxylic acids is 2. The third-order valence-corrected chi connectivity index (χ3v) is 3.95. The van der Waals surface area contributed by atoms with Crippen LogP contribution >= 0.6 is 11.6 Å². The highest BCUT2D eigenvalue weighted by Gasteiger charge is 2.32. The van der Waals surface area contributed by atoms with Gasteiger partial charge in [0, 0.05) is 18.6 Å². The Morgan fingerprint density at radius 3 is 2.83 bits per heavy atom. The first-order valence-corrected chi connectivity index (χ1v) is 6.99. The summed E-state index contributed by atoms with van der Waals surface area (Å²) in [4.78, 5) is 25.4. The van der Waals surface area contributed by atoms with Crippen molar-refractivity contribution < 1.29 is 9.59 Å². The van der Waals surface area contributed by atoms with E-state index < -0.39 is 17.3 Å². The minimum atomic E-state index is -0.688. The van der Waals surface area contributed by atoms with Crippen molar-refractivity contribution in [1.29, 1.82) is 0 Å². The van der Waals surface area contributed by atoms with Crippen molar-refractivity contribution in [2.75, 3.05) is 13.1 Å². The molecule has 102 valence electrons. The Labute approximate surface area is 112 Å². The summed E-state index contributed by atoms with van der Waals surface area (Å²) in [5.41, 5.74) is 0. The average molecular weight is 274 g/mol. The molecule has 2 N–H and O–H groups in total. The number of imide groups is 1. The molecule has 5 nitrogen and oxygen atoms in total. The van der Waals surface area contributed by atoms with Gasteiger partial charge in [-0.15, -0.1) is 11.6 Å². The van der Waals surface area contributed by atoms with Gasteiger partial charge in [-0.3, -0.25) is 10.1 Å². The van der Waals surface area contributed by atoms with E-state index in [0.717, 1.165) is 19.4 Å². The van der Waals surface area contributed by atoms with Crippen molar-refractivity contribution in [3.63, 3.8) is 0 Å². The molecular weight excluding hydrogens is 254 g/mol. The molecule has 2 heterocycles. The van der Waals surface area contributed by atoms with Crippen molar-refractivity contribution in [2.45, 2.75) is 50.1 Å². The van der Waals surface area contributed by atoms with Crippen molar-refractivity contribution in [2.24, 2.45) is 0 Å². The van der Waals surface area contributed by atoms with Crippen LogP contribution in [-0.4, -0.2) is 47.4 Å². The zero-order valence-electron chi connectivity index (χ0n) is 10.6. The third kappa shape index (κ3) is 3.36. The predicted octanol–water partition coefficient (Wildman–Crippen LogP) is 1.07. The molecule has 2 aliphatic rings. The van der Waals surface area contributed by atoms with Gasteiger partial charge < -0.3 is 10.2 Å². The van der Waals surface area contributed by atoms with E-state index in [1.165, 1.54) is 19.4 Å². The van der Waals surface area contributed by atoms with Crippen LogP contribution in [0.15, 0.2) is 0 Å². The number of amides is 3. The Balaban J connectivity index is 1.76. The van der Waals surface area contributed by atoms with E-state index in [0.29, 0.717) is 6.04 Å². The van der Waals surface area contributed by atoms with Gasteiger partial charge in [-0.05, 0) is 39.2 Å². The number of hydrogen-bond donors (Lipinski definition) is 2. The number of carbonyl (C=O) groups is 2. The van der Waals surface area contributed by atoms with Gasteiger partial charge >= 0.3 is 6.03 Å². The molecule has 0 saturated carbocycles. The maximum Gasteiger partial charge on any atom is 0.321 e. The molecule has 18 heavy (non-hydrogen) atoms. The van der Waals surface area contributed by atoms with Gasteiger partial charge in [0.15, 0.2) is 0 Å². The van der Waals surface area contributed by atoms with Crippen molar-refractivity contribution in [1.82, 2.24) is 15.5 Å². The molecule has 0 aromatic rings. The van der Waals surface area contributed by atoms with E-state index in [4.69, 9.17) is 11.6 Å². The first-order valence-electron chi connectivity index (χ1n) is 6.55. The van der Waals surface area contributed by atoms with E-state index in [-0.39, 0.29) is 6.04 Å². The number of urea groups is 1. The second-order valence-electron chi connectivity index (χ2n) is 5.13. The summed E-state index contributed by atoms with van der Waals surface area (Å²) in [5.74, 6) is -0.451. The van der Waals surface area contributed by atoms with E-state index in [1.807, 2.05) is 0 Å². The van der Waals surface area contributed by atoms with E-state index in [2.05, 4.69) is 15.5 Å². The largest absolute Gasteiger partial charge is 0.335 e. The number of piperidine rings is 1. The lowest BCUT2D eigenvalue weighted by atomic mass is 9.98. The van der Waals surface area contributed by atoms with Crippen LogP contribution in [0.2, 0.25) is 0 Å². The molecule has 2 aliphatic heterocycles. The number of alkyl halides is 1. The summed E-state index contributed by atoms with van der Waals surface area (Å²) < 4.78 is 0. The summed E-state index contributed by atoms with van der Waals surface area (Å²) in [6.07, 6.45) is 4.41. The Morgan fingerprint density at radius 2 is 2.11 bits per heavy atom. The summed E-state index contributed by atoms with van der Waals surface area (Å²) in [5, 5.41) is 4.43. The van der Waals surface area contributed by atoms with Crippen LogP contribution in [0, 0.1) is 0 Å². The van der Waals surface area contributed by atoms with Crippen molar-refractivity contribution >= 4 is 23.5 Å². The van der Waals surface area contributed by atoms with Gasteiger partial charge in [0.1, 0.15) is 5.38 Å². The minimum absolute atomic E-state index is 0.169. The molecule has 3 unspecified atom stereocenters. The molecule has 6 heteroatoms. The summed E-state index contributed by atoms with van der Waals surface area (Å²) >= 11 is 5.59. The fraction of sp³-hybridized carbons (Fsp3) is 0.833. The second-order valence-corrected chi connectivity index (χ2v) is 5.79. The highest BCUT2D eigenvalue weighted by molar-refractivity contribution is 6.31. The molecule has 0 radical (unpaired) electrons. The maximum absolute atomic E-state index is 11.6. The fourth-order valence-electron chi connectivity index (χ4n) is 2.79. The number of halogens is 1. The van der Waals surface area contributed by atoms with Crippen LogP contribution in [0.25, 0.3) is 0 Å². The number of nitrogens with one attached hydrogen (secondary N) is 2. The maximum atomic E-state index is 11.6. The Morgan fingerprint density at radius 1 is 1.33 bits per heavy atom. The Kier molecular flexibility index (Phi) is 4.45. The predicted molar refractivity (Wildman–Crippen MR) is 69.6 cm³/mol. The normalized spacial score (nSPS) is 29.4. The van der Waals surface area contributed by atoms with Gasteiger partial charge in [0.25, 0.3) is 0 Å². The monoisotopic (exact) mass is 273 g/mol. The van der Waals surface area contributed by atoms with Gasteiger partial charge in [-0.2, -0.15) is 0 Å². The Bertz CT molecular complexity index is 335. The molecule has 3 atom stereocenters. The highest BCUT2D eigenvalue weighted by atomic mass is 35.5. The first-order chi connectivity index (χ1) is 8.56. The van der Waals surface area contributed by atoms with Crippen LogP contribution < -0.4 is 10.6 Å². The van der Waals surface area contributed by atoms with Gasteiger partial charge in [-0.25, -0.2) is 4.79 Å². The SMILES string of the molecule is CC(Cl)C(=O)NC(=O)NC1CCN2CCCC2C1. The van der Waals surface area contributed by atoms with Crippen LogP contribution in [0.1, 0.15) is 32.6 Å². The number of fused-ring (bicyclic) bond motifs is 1. The molecule has 3 amide bonds. The molecule has 2 fully saturated rings. The van der Waals surface area contributed by atoms with E-state index in [9.17, 15) is 9.59 Å². The molecule has 0 aromatic carbocycles. The van der Waals surface area contributed by atoms with Crippen LogP contribution in [-0.2, 0) is 4.79 Å². The quantitative estimate of drug-likeness (QED) is 0.740. The topological polar surface area (TPSA) is 61.4 Å². The van der Waals surface area contributed by atoms with Crippen molar-refractivity contribution in [3.8, 4) is 0 Å². The number of nitrogens with zero attached hydrogens (tertiary/aromatic N) is 1. The van der Waals surface area contributed by atoms with Gasteiger partial charge in [-0.1, -0.05) is 0 Å². The van der Waals surface area contributed by atoms with Gasteiger partial charge in [0.05, 0.1) is 0 Å². The van der Waals surface area contributed by atoms with E-state index in [1.54, 1.807) is 6.92 Å². The Hall–Kier alpha value is -0.810. The molecule has 2 saturated heterocycles. The summed E-state index contributed by atoms with van der Waals surface area (Å²) in [6.45, 7) is 3.77. The van der Waals surface area contributed by atoms with Crippen LogP contribution in [0.4, 0.5) is 4.79 Å². The van der Waals surface area contributed by atoms with Crippen molar-refractivity contribution in [3.05, 3.63) is 0 Å². The fourth-order valence-corrected chi connectivity index (χ4v) is 2.84. The zero-order chi connectivity index (χ0) is 13.1. The highest BCUT2D eigenvalue weighted by Crippen LogP contribution is 2.26.